The molecule has 0 bridgehead atoms. The predicted molar refractivity (Wildman–Crippen MR) is 78.6 cm³/mol. The Hall–Kier alpha value is -0.980. The molecule has 0 radical (unpaired) electrons. The van der Waals surface area contributed by atoms with Gasteiger partial charge in [-0.15, -0.1) is 0 Å². The highest BCUT2D eigenvalue weighted by atomic mass is 127. The number of oxazole rings is 1. The number of hydrogen-bond acceptors (Lipinski definition) is 2. The molecule has 0 N–H and O–H groups in total. The first kappa shape index (κ1) is 14.4. The third-order valence-electron chi connectivity index (χ3n) is 2.86. The number of aryl methyl sites for hydroxylation is 1. The van der Waals surface area contributed by atoms with Gasteiger partial charge in [-0.25, -0.2) is 13.8 Å². The van der Waals surface area contributed by atoms with Gasteiger partial charge in [-0.05, 0) is 12.1 Å². The average Bonchev–Trinajstić information content (AvgIpc) is 2.81. The number of benzene rings is 1. The number of hydrogen-bond donors (Lipinski definition) is 0. The van der Waals surface area contributed by atoms with Gasteiger partial charge in [0.15, 0.2) is 0 Å². The summed E-state index contributed by atoms with van der Waals surface area (Å²) in [5, 5.41) is 0. The molecule has 0 aliphatic rings. The maximum atomic E-state index is 13.1. The molecule has 19 heavy (non-hydrogen) atoms. The van der Waals surface area contributed by atoms with Gasteiger partial charge in [0.05, 0.1) is 5.69 Å². The highest BCUT2D eigenvalue weighted by molar-refractivity contribution is 14.1. The molecule has 0 saturated heterocycles. The third-order valence-corrected chi connectivity index (χ3v) is 3.59. The van der Waals surface area contributed by atoms with Crippen molar-refractivity contribution in [3.8, 4) is 11.5 Å². The monoisotopic (exact) mass is 377 g/mol. The molecule has 5 heteroatoms. The number of nitrogens with zero attached hydrogens (tertiary/aromatic N) is 1. The van der Waals surface area contributed by atoms with Crippen LogP contribution < -0.4 is 0 Å². The summed E-state index contributed by atoms with van der Waals surface area (Å²) in [4.78, 5) is 4.40. The topological polar surface area (TPSA) is 26.0 Å². The van der Waals surface area contributed by atoms with Crippen LogP contribution in [0.15, 0.2) is 28.7 Å². The maximum Gasteiger partial charge on any atom is 0.270 e. The zero-order valence-electron chi connectivity index (χ0n) is 10.7. The lowest BCUT2D eigenvalue weighted by Crippen LogP contribution is -2.06. The fourth-order valence-electron chi connectivity index (χ4n) is 1.79. The zero-order valence-corrected chi connectivity index (χ0v) is 12.9. The summed E-state index contributed by atoms with van der Waals surface area (Å²) in [5.74, 6) is -1.47. The molecule has 1 heterocycles. The highest BCUT2D eigenvalue weighted by Gasteiger charge is 2.24. The second-order valence-electron chi connectivity index (χ2n) is 4.34. The van der Waals surface area contributed by atoms with Gasteiger partial charge in [-0.1, -0.05) is 41.6 Å². The molecule has 1 aromatic heterocycles. The summed E-state index contributed by atoms with van der Waals surface area (Å²) in [7, 11) is 0. The fourth-order valence-corrected chi connectivity index (χ4v) is 2.39. The lowest BCUT2D eigenvalue weighted by atomic mass is 10.1. The third kappa shape index (κ3) is 3.13. The van der Waals surface area contributed by atoms with E-state index in [-0.39, 0.29) is 5.56 Å². The van der Waals surface area contributed by atoms with Crippen LogP contribution in [-0.2, 0) is 16.8 Å². The van der Waals surface area contributed by atoms with Crippen LogP contribution in [0.1, 0.15) is 30.9 Å². The lowest BCUT2D eigenvalue weighted by molar-refractivity contribution is 0.0175. The summed E-state index contributed by atoms with van der Waals surface area (Å²) in [6, 6.07) is 6.06. The molecule has 0 spiro atoms. The first-order chi connectivity index (χ1) is 8.95. The summed E-state index contributed by atoms with van der Waals surface area (Å²) >= 11 is 2.23. The van der Waals surface area contributed by atoms with E-state index in [2.05, 4.69) is 27.6 Å². The number of rotatable bonds is 4. The van der Waals surface area contributed by atoms with Gasteiger partial charge in [-0.3, -0.25) is 0 Å². The van der Waals surface area contributed by atoms with E-state index in [1.807, 2.05) is 6.92 Å². The van der Waals surface area contributed by atoms with Crippen molar-refractivity contribution in [2.75, 3.05) is 0 Å². The van der Waals surface area contributed by atoms with E-state index in [0.717, 1.165) is 34.8 Å². The van der Waals surface area contributed by atoms with Crippen molar-refractivity contribution in [1.29, 1.82) is 0 Å². The molecule has 2 nitrogen and oxygen atoms in total. The zero-order chi connectivity index (χ0) is 14.0. The van der Waals surface area contributed by atoms with Gasteiger partial charge in [0.1, 0.15) is 5.76 Å². The van der Waals surface area contributed by atoms with Gasteiger partial charge in [-0.2, -0.15) is 0 Å². The van der Waals surface area contributed by atoms with Crippen molar-refractivity contribution in [1.82, 2.24) is 4.98 Å². The minimum Gasteiger partial charge on any atom is -0.441 e. The van der Waals surface area contributed by atoms with E-state index in [0.29, 0.717) is 5.89 Å². The Balaban J connectivity index is 2.34. The summed E-state index contributed by atoms with van der Waals surface area (Å²) in [6.45, 7) is 2.89. The smallest absolute Gasteiger partial charge is 0.270 e. The van der Waals surface area contributed by atoms with Crippen molar-refractivity contribution < 1.29 is 13.2 Å². The Labute approximate surface area is 124 Å². The van der Waals surface area contributed by atoms with E-state index in [9.17, 15) is 8.78 Å². The van der Waals surface area contributed by atoms with Gasteiger partial charge in [0, 0.05) is 28.9 Å². The molecule has 102 valence electrons. The van der Waals surface area contributed by atoms with Crippen molar-refractivity contribution in [3.63, 3.8) is 0 Å². The lowest BCUT2D eigenvalue weighted by Gasteiger charge is -2.10. The first-order valence-electron chi connectivity index (χ1n) is 5.99. The van der Waals surface area contributed by atoms with Crippen LogP contribution in [0.2, 0.25) is 0 Å². The van der Waals surface area contributed by atoms with Crippen molar-refractivity contribution in [2.24, 2.45) is 0 Å². The second kappa shape index (κ2) is 5.56. The van der Waals surface area contributed by atoms with Gasteiger partial charge in [0.2, 0.25) is 5.89 Å². The maximum absolute atomic E-state index is 13.1. The standard InChI is InChI=1S/C14H14F2INO/c1-3-12-11(8-17)18-13(19-12)9-4-6-10(7-5-9)14(2,15)16/h4-7H,3,8H2,1-2H3. The van der Waals surface area contributed by atoms with Gasteiger partial charge in [0.25, 0.3) is 5.92 Å². The SMILES string of the molecule is CCc1oc(-c2ccc(C(C)(F)F)cc2)nc1CI. The van der Waals surface area contributed by atoms with Gasteiger partial charge >= 0.3 is 0 Å². The van der Waals surface area contributed by atoms with Crippen LogP contribution in [0.25, 0.3) is 11.5 Å². The van der Waals surface area contributed by atoms with E-state index in [1.54, 1.807) is 12.1 Å². The normalized spacial score (nSPS) is 11.8. The Kier molecular flexibility index (Phi) is 4.23. The minimum absolute atomic E-state index is 0.00682. The molecule has 0 aliphatic carbocycles. The molecule has 2 rings (SSSR count). The van der Waals surface area contributed by atoms with Crippen LogP contribution in [-0.4, -0.2) is 4.98 Å². The molecule has 0 saturated carbocycles. The van der Waals surface area contributed by atoms with Crippen LogP contribution >= 0.6 is 22.6 Å². The Morgan fingerprint density at radius 2 is 1.89 bits per heavy atom. The molecule has 0 amide bonds. The quantitative estimate of drug-likeness (QED) is 0.557. The van der Waals surface area contributed by atoms with E-state index in [4.69, 9.17) is 4.42 Å². The molecule has 1 aromatic carbocycles. The molecule has 0 atom stereocenters. The number of alkyl halides is 3. The second-order valence-corrected chi connectivity index (χ2v) is 5.10. The molecule has 0 unspecified atom stereocenters. The van der Waals surface area contributed by atoms with Crippen molar-refractivity contribution >= 4 is 22.6 Å². The van der Waals surface area contributed by atoms with E-state index >= 15 is 0 Å². The largest absolute Gasteiger partial charge is 0.441 e. The number of halogens is 3. The molecule has 0 fully saturated rings. The average molecular weight is 377 g/mol. The highest BCUT2D eigenvalue weighted by Crippen LogP contribution is 2.30. The minimum atomic E-state index is -2.82. The van der Waals surface area contributed by atoms with E-state index < -0.39 is 5.92 Å². The summed E-state index contributed by atoms with van der Waals surface area (Å²) in [6.07, 6.45) is 0.774. The molecule has 0 aliphatic heterocycles. The van der Waals surface area contributed by atoms with Crippen LogP contribution in [0.3, 0.4) is 0 Å². The molecule has 2 aromatic rings. The molecular weight excluding hydrogens is 363 g/mol. The molecular formula is C14H14F2INO. The Bertz CT molecular complexity index is 536. The van der Waals surface area contributed by atoms with Crippen LogP contribution in [0.4, 0.5) is 8.78 Å². The Morgan fingerprint density at radius 1 is 1.26 bits per heavy atom. The van der Waals surface area contributed by atoms with Crippen molar-refractivity contribution in [2.45, 2.75) is 30.6 Å². The predicted octanol–water partition coefficient (Wildman–Crippen LogP) is 4.95. The van der Waals surface area contributed by atoms with E-state index in [1.165, 1.54) is 12.1 Å². The first-order valence-corrected chi connectivity index (χ1v) is 7.51. The number of aromatic nitrogens is 1. The fraction of sp³-hybridized carbons (Fsp3) is 0.357. The van der Waals surface area contributed by atoms with Crippen LogP contribution in [0, 0.1) is 0 Å². The summed E-state index contributed by atoms with van der Waals surface area (Å²) < 4.78 is 32.7. The van der Waals surface area contributed by atoms with Gasteiger partial charge < -0.3 is 4.42 Å². The van der Waals surface area contributed by atoms with Crippen LogP contribution in [0.5, 0.6) is 0 Å². The summed E-state index contributed by atoms with van der Waals surface area (Å²) in [5.41, 5.74) is 1.63. The Morgan fingerprint density at radius 3 is 2.32 bits per heavy atom. The van der Waals surface area contributed by atoms with Crippen molar-refractivity contribution in [3.05, 3.63) is 41.3 Å².